The lowest BCUT2D eigenvalue weighted by Gasteiger charge is -2.34. The highest BCUT2D eigenvalue weighted by molar-refractivity contribution is 6.14. The van der Waals surface area contributed by atoms with Crippen LogP contribution in [0.1, 0.15) is 20.3 Å². The van der Waals surface area contributed by atoms with Crippen LogP contribution in [-0.4, -0.2) is 45.5 Å². The summed E-state index contributed by atoms with van der Waals surface area (Å²) in [7, 11) is 0. The summed E-state index contributed by atoms with van der Waals surface area (Å²) in [6.07, 6.45) is 5.25. The van der Waals surface area contributed by atoms with Gasteiger partial charge in [-0.05, 0) is 13.3 Å². The first-order valence-corrected chi connectivity index (χ1v) is 6.07. The lowest BCUT2D eigenvalue weighted by molar-refractivity contribution is -0.148. The minimum atomic E-state index is -0.548. The third-order valence-corrected chi connectivity index (χ3v) is 3.40. The monoisotopic (exact) mass is 262 g/mol. The number of hydrogen-bond acceptors (Lipinski definition) is 4. The largest absolute Gasteiger partial charge is 0.270 e. The van der Waals surface area contributed by atoms with Crippen molar-refractivity contribution in [3.8, 4) is 0 Å². The molecule has 0 bridgehead atoms. The molecule has 0 aromatic heterocycles. The van der Waals surface area contributed by atoms with E-state index in [2.05, 4.69) is 0 Å². The van der Waals surface area contributed by atoms with Crippen LogP contribution in [0.25, 0.3) is 0 Å². The molecule has 19 heavy (non-hydrogen) atoms. The molecule has 0 saturated heterocycles. The topological polar surface area (TPSA) is 74.8 Å². The first kappa shape index (κ1) is 13.2. The Morgan fingerprint density at radius 2 is 1.21 bits per heavy atom. The number of hydrogen-bond donors (Lipinski definition) is 0. The van der Waals surface area contributed by atoms with Crippen molar-refractivity contribution in [2.45, 2.75) is 32.4 Å². The van der Waals surface area contributed by atoms with Crippen molar-refractivity contribution < 1.29 is 19.2 Å². The minimum absolute atomic E-state index is 0.407. The Bertz CT molecular complexity index is 485. The van der Waals surface area contributed by atoms with Crippen LogP contribution >= 0.6 is 0 Å². The molecule has 6 heteroatoms. The Morgan fingerprint density at radius 1 is 0.842 bits per heavy atom. The van der Waals surface area contributed by atoms with E-state index in [-0.39, 0.29) is 0 Å². The van der Waals surface area contributed by atoms with Crippen LogP contribution in [0, 0.1) is 0 Å². The zero-order valence-corrected chi connectivity index (χ0v) is 10.7. The lowest BCUT2D eigenvalue weighted by atomic mass is 10.0. The molecule has 0 spiro atoms. The minimum Gasteiger partial charge on any atom is -0.270 e. The van der Waals surface area contributed by atoms with Crippen molar-refractivity contribution in [3.63, 3.8) is 0 Å². The second kappa shape index (κ2) is 4.79. The number of amides is 4. The van der Waals surface area contributed by atoms with Crippen molar-refractivity contribution in [1.82, 2.24) is 9.80 Å². The number of carbonyl (C=O) groups is 4. The van der Waals surface area contributed by atoms with Crippen molar-refractivity contribution in [2.75, 3.05) is 0 Å². The fourth-order valence-corrected chi connectivity index (χ4v) is 2.46. The lowest BCUT2D eigenvalue weighted by Crippen LogP contribution is -2.54. The van der Waals surface area contributed by atoms with Crippen LogP contribution in [0.2, 0.25) is 0 Å². The molecule has 2 aliphatic rings. The number of rotatable bonds is 4. The van der Waals surface area contributed by atoms with Crippen LogP contribution in [0.4, 0.5) is 0 Å². The predicted molar refractivity (Wildman–Crippen MR) is 65.5 cm³/mol. The fourth-order valence-electron chi connectivity index (χ4n) is 2.46. The molecular weight excluding hydrogens is 248 g/mol. The van der Waals surface area contributed by atoms with Gasteiger partial charge in [0.2, 0.25) is 0 Å². The van der Waals surface area contributed by atoms with Crippen molar-refractivity contribution in [1.29, 1.82) is 0 Å². The van der Waals surface area contributed by atoms with E-state index < -0.39 is 35.7 Å². The Balaban J connectivity index is 2.23. The highest BCUT2D eigenvalue weighted by Gasteiger charge is 2.39. The van der Waals surface area contributed by atoms with Gasteiger partial charge in [0, 0.05) is 24.3 Å². The summed E-state index contributed by atoms with van der Waals surface area (Å²) in [6.45, 7) is 3.47. The molecule has 100 valence electrons. The van der Waals surface area contributed by atoms with Crippen LogP contribution in [0.5, 0.6) is 0 Å². The van der Waals surface area contributed by atoms with E-state index in [0.29, 0.717) is 6.42 Å². The number of nitrogens with zero attached hydrogens (tertiary/aromatic N) is 2. The maximum absolute atomic E-state index is 11.7. The van der Waals surface area contributed by atoms with Gasteiger partial charge in [0.1, 0.15) is 0 Å². The number of carbonyl (C=O) groups excluding carboxylic acids is 4. The number of imide groups is 2. The summed E-state index contributed by atoms with van der Waals surface area (Å²) < 4.78 is 0. The first-order chi connectivity index (χ1) is 8.97. The quantitative estimate of drug-likeness (QED) is 0.668. The van der Waals surface area contributed by atoms with Crippen molar-refractivity contribution >= 4 is 23.6 Å². The van der Waals surface area contributed by atoms with Crippen LogP contribution in [0.3, 0.4) is 0 Å². The van der Waals surface area contributed by atoms with E-state index in [1.54, 1.807) is 13.8 Å². The van der Waals surface area contributed by atoms with Gasteiger partial charge in [-0.2, -0.15) is 0 Å². The predicted octanol–water partition coefficient (Wildman–Crippen LogP) is 0.00350. The molecule has 0 N–H and O–H groups in total. The van der Waals surface area contributed by atoms with Crippen LogP contribution < -0.4 is 0 Å². The highest BCUT2D eigenvalue weighted by atomic mass is 16.2. The SMILES string of the molecule is CCC(C(C)N1C(=O)C=CC1=O)N1C(=O)C=CC1=O. The molecule has 2 aliphatic heterocycles. The molecule has 0 radical (unpaired) electrons. The van der Waals surface area contributed by atoms with Gasteiger partial charge in [0.15, 0.2) is 0 Å². The maximum Gasteiger partial charge on any atom is 0.253 e. The fraction of sp³-hybridized carbons (Fsp3) is 0.385. The summed E-state index contributed by atoms with van der Waals surface area (Å²) in [5.74, 6) is -1.64. The van der Waals surface area contributed by atoms with Crippen molar-refractivity contribution in [3.05, 3.63) is 24.3 Å². The molecule has 2 heterocycles. The summed E-state index contributed by atoms with van der Waals surface area (Å²) in [6, 6.07) is -1.06. The van der Waals surface area contributed by atoms with Crippen LogP contribution in [-0.2, 0) is 19.2 Å². The Morgan fingerprint density at radius 3 is 1.58 bits per heavy atom. The third kappa shape index (κ3) is 2.09. The molecule has 2 atom stereocenters. The smallest absolute Gasteiger partial charge is 0.253 e. The standard InChI is InChI=1S/C13H14N2O4/c1-3-9(15-12(18)6-7-13(15)19)8(2)14-10(16)4-5-11(14)17/h4-9H,3H2,1-2H3. The molecule has 2 unspecified atom stereocenters. The van der Waals surface area contributed by atoms with Crippen LogP contribution in [0.15, 0.2) is 24.3 Å². The third-order valence-electron chi connectivity index (χ3n) is 3.40. The van der Waals surface area contributed by atoms with Gasteiger partial charge in [0.25, 0.3) is 23.6 Å². The molecule has 4 amide bonds. The molecule has 0 saturated carbocycles. The van der Waals surface area contributed by atoms with Gasteiger partial charge in [-0.3, -0.25) is 29.0 Å². The van der Waals surface area contributed by atoms with Gasteiger partial charge in [-0.1, -0.05) is 6.92 Å². The second-order valence-electron chi connectivity index (χ2n) is 4.48. The normalized spacial score (nSPS) is 21.8. The maximum atomic E-state index is 11.7. The van der Waals surface area contributed by atoms with Gasteiger partial charge in [-0.25, -0.2) is 0 Å². The van der Waals surface area contributed by atoms with Gasteiger partial charge < -0.3 is 0 Å². The highest BCUT2D eigenvalue weighted by Crippen LogP contribution is 2.21. The molecule has 0 fully saturated rings. The Labute approximate surface area is 110 Å². The Kier molecular flexibility index (Phi) is 3.33. The summed E-state index contributed by atoms with van der Waals surface area (Å²) >= 11 is 0. The van der Waals surface area contributed by atoms with E-state index in [9.17, 15) is 19.2 Å². The average Bonchev–Trinajstić information content (AvgIpc) is 2.86. The molecular formula is C13H14N2O4. The second-order valence-corrected chi connectivity index (χ2v) is 4.48. The summed E-state index contributed by atoms with van der Waals surface area (Å²) in [4.78, 5) is 48.8. The first-order valence-electron chi connectivity index (χ1n) is 6.07. The summed E-state index contributed by atoms with van der Waals surface area (Å²) in [5, 5.41) is 0. The Hall–Kier alpha value is -2.24. The zero-order valence-electron chi connectivity index (χ0n) is 10.7. The summed E-state index contributed by atoms with van der Waals surface area (Å²) in [5.41, 5.74) is 0. The van der Waals surface area contributed by atoms with Gasteiger partial charge in [-0.15, -0.1) is 0 Å². The van der Waals surface area contributed by atoms with Gasteiger partial charge >= 0.3 is 0 Å². The van der Waals surface area contributed by atoms with E-state index >= 15 is 0 Å². The average molecular weight is 262 g/mol. The molecule has 0 aromatic carbocycles. The van der Waals surface area contributed by atoms with E-state index in [4.69, 9.17) is 0 Å². The van der Waals surface area contributed by atoms with Crippen molar-refractivity contribution in [2.24, 2.45) is 0 Å². The molecule has 0 aliphatic carbocycles. The molecule has 2 rings (SSSR count). The van der Waals surface area contributed by atoms with E-state index in [1.165, 1.54) is 24.3 Å². The van der Waals surface area contributed by atoms with E-state index in [1.807, 2.05) is 0 Å². The van der Waals surface area contributed by atoms with E-state index in [0.717, 1.165) is 9.80 Å². The zero-order chi connectivity index (χ0) is 14.2. The molecule has 6 nitrogen and oxygen atoms in total. The van der Waals surface area contributed by atoms with Gasteiger partial charge in [0.05, 0.1) is 12.1 Å². The molecule has 0 aromatic rings.